The van der Waals surface area contributed by atoms with Gasteiger partial charge in [0.25, 0.3) is 5.91 Å². The third kappa shape index (κ3) is 2.68. The molecule has 0 saturated heterocycles. The maximum atomic E-state index is 12.0. The second kappa shape index (κ2) is 5.03. The molecule has 0 saturated carbocycles. The van der Waals surface area contributed by atoms with E-state index in [1.165, 1.54) is 22.7 Å². The highest BCUT2D eigenvalue weighted by Gasteiger charge is 2.16. The number of nitrogens with two attached hydrogens (primary N) is 1. The molecule has 0 unspecified atom stereocenters. The van der Waals surface area contributed by atoms with Crippen LogP contribution >= 0.6 is 22.7 Å². The lowest BCUT2D eigenvalue weighted by molar-refractivity contribution is 0.103. The fourth-order valence-electron chi connectivity index (χ4n) is 1.39. The Morgan fingerprint density at radius 3 is 2.67 bits per heavy atom. The van der Waals surface area contributed by atoms with E-state index in [1.54, 1.807) is 6.92 Å². The summed E-state index contributed by atoms with van der Waals surface area (Å²) in [6, 6.07) is 0. The summed E-state index contributed by atoms with van der Waals surface area (Å²) in [5, 5.41) is 5.73. The van der Waals surface area contributed by atoms with Gasteiger partial charge in [-0.3, -0.25) is 10.1 Å². The number of nitrogens with zero attached hydrogens (tertiary/aromatic N) is 2. The largest absolute Gasteiger partial charge is 0.375 e. The van der Waals surface area contributed by atoms with E-state index in [2.05, 4.69) is 29.1 Å². The second-order valence-electron chi connectivity index (χ2n) is 4.15. The maximum absolute atomic E-state index is 12.0. The van der Waals surface area contributed by atoms with Crippen LogP contribution in [0, 0.1) is 6.92 Å². The minimum atomic E-state index is -0.202. The lowest BCUT2D eigenvalue weighted by atomic mass is 10.2. The van der Waals surface area contributed by atoms with E-state index < -0.39 is 0 Å². The van der Waals surface area contributed by atoms with Crippen molar-refractivity contribution in [2.45, 2.75) is 26.7 Å². The van der Waals surface area contributed by atoms with E-state index in [1.807, 2.05) is 5.38 Å². The van der Waals surface area contributed by atoms with Crippen LogP contribution in [0.25, 0.3) is 0 Å². The third-order valence-electron chi connectivity index (χ3n) is 2.35. The van der Waals surface area contributed by atoms with Crippen LogP contribution in [0.1, 0.15) is 40.8 Å². The molecule has 0 aliphatic heterocycles. The molecule has 3 N–H and O–H groups in total. The number of rotatable bonds is 3. The van der Waals surface area contributed by atoms with Crippen LogP contribution in [0.15, 0.2) is 5.38 Å². The number of carbonyl (C=O) groups is 1. The van der Waals surface area contributed by atoms with Crippen LogP contribution in [-0.4, -0.2) is 15.9 Å². The lowest BCUT2D eigenvalue weighted by Crippen LogP contribution is -2.11. The predicted octanol–water partition coefficient (Wildman–Crippen LogP) is 2.87. The summed E-state index contributed by atoms with van der Waals surface area (Å²) in [6.45, 7) is 5.90. The average Bonchev–Trinajstić information content (AvgIpc) is 2.85. The molecule has 18 heavy (non-hydrogen) atoms. The Labute approximate surface area is 113 Å². The van der Waals surface area contributed by atoms with Crippen molar-refractivity contribution in [2.75, 3.05) is 11.1 Å². The first kappa shape index (κ1) is 13.0. The normalized spacial score (nSPS) is 10.9. The molecule has 5 nitrogen and oxygen atoms in total. The molecule has 96 valence electrons. The van der Waals surface area contributed by atoms with Gasteiger partial charge in [0.05, 0.1) is 11.4 Å². The van der Waals surface area contributed by atoms with Crippen LogP contribution < -0.4 is 11.1 Å². The van der Waals surface area contributed by atoms with E-state index in [9.17, 15) is 4.79 Å². The number of hydrogen-bond donors (Lipinski definition) is 2. The van der Waals surface area contributed by atoms with Gasteiger partial charge >= 0.3 is 0 Å². The first-order valence-corrected chi connectivity index (χ1v) is 7.16. The fourth-order valence-corrected chi connectivity index (χ4v) is 2.99. The third-order valence-corrected chi connectivity index (χ3v) is 4.11. The van der Waals surface area contributed by atoms with Crippen molar-refractivity contribution in [3.05, 3.63) is 21.6 Å². The first-order valence-electron chi connectivity index (χ1n) is 5.47. The van der Waals surface area contributed by atoms with Crippen molar-refractivity contribution < 1.29 is 4.79 Å². The Morgan fingerprint density at radius 2 is 2.17 bits per heavy atom. The summed E-state index contributed by atoms with van der Waals surface area (Å²) < 4.78 is 0. The van der Waals surface area contributed by atoms with Gasteiger partial charge in [-0.05, 0) is 12.8 Å². The minimum absolute atomic E-state index is 0.202. The number of aryl methyl sites for hydroxylation is 1. The SMILES string of the molecule is Cc1nc(N)sc1C(=O)Nc1nc(C(C)C)cs1. The van der Waals surface area contributed by atoms with Crippen molar-refractivity contribution in [3.8, 4) is 0 Å². The highest BCUT2D eigenvalue weighted by atomic mass is 32.1. The highest BCUT2D eigenvalue weighted by Crippen LogP contribution is 2.24. The molecule has 0 radical (unpaired) electrons. The van der Waals surface area contributed by atoms with Crippen LogP contribution in [0.3, 0.4) is 0 Å². The van der Waals surface area contributed by atoms with Crippen molar-refractivity contribution in [3.63, 3.8) is 0 Å². The van der Waals surface area contributed by atoms with Gasteiger partial charge in [0.15, 0.2) is 10.3 Å². The molecule has 2 aromatic heterocycles. The monoisotopic (exact) mass is 282 g/mol. The Kier molecular flexibility index (Phi) is 3.63. The van der Waals surface area contributed by atoms with E-state index in [0.717, 1.165) is 5.69 Å². The summed E-state index contributed by atoms with van der Waals surface area (Å²) in [5.74, 6) is 0.152. The summed E-state index contributed by atoms with van der Waals surface area (Å²) in [5.41, 5.74) is 7.20. The van der Waals surface area contributed by atoms with Gasteiger partial charge in [0, 0.05) is 5.38 Å². The van der Waals surface area contributed by atoms with Crippen molar-refractivity contribution in [1.29, 1.82) is 0 Å². The van der Waals surface area contributed by atoms with Crippen LogP contribution in [0.5, 0.6) is 0 Å². The standard InChI is InChI=1S/C11H14N4OS2/c1-5(2)7-4-17-11(14-7)15-9(16)8-6(3)13-10(12)18-8/h4-5H,1-3H3,(H2,12,13)(H,14,15,16). The molecule has 2 heterocycles. The minimum Gasteiger partial charge on any atom is -0.375 e. The van der Waals surface area contributed by atoms with Gasteiger partial charge < -0.3 is 5.73 Å². The number of aromatic nitrogens is 2. The fraction of sp³-hybridized carbons (Fsp3) is 0.364. The average molecular weight is 282 g/mol. The molecule has 2 rings (SSSR count). The van der Waals surface area contributed by atoms with Gasteiger partial charge in [0.1, 0.15) is 4.88 Å². The molecule has 1 amide bonds. The van der Waals surface area contributed by atoms with Crippen LogP contribution in [0.4, 0.5) is 10.3 Å². The number of thiazole rings is 2. The predicted molar refractivity (Wildman–Crippen MR) is 75.4 cm³/mol. The number of anilines is 2. The van der Waals surface area contributed by atoms with E-state index in [0.29, 0.717) is 26.8 Å². The van der Waals surface area contributed by atoms with E-state index in [-0.39, 0.29) is 5.91 Å². The van der Waals surface area contributed by atoms with Crippen LogP contribution in [0.2, 0.25) is 0 Å². The van der Waals surface area contributed by atoms with Gasteiger partial charge in [-0.1, -0.05) is 25.2 Å². The van der Waals surface area contributed by atoms with E-state index in [4.69, 9.17) is 5.73 Å². The number of nitrogen functional groups attached to an aromatic ring is 1. The van der Waals surface area contributed by atoms with Crippen molar-refractivity contribution in [2.24, 2.45) is 0 Å². The Bertz CT molecular complexity index is 573. The zero-order valence-electron chi connectivity index (χ0n) is 10.4. The van der Waals surface area contributed by atoms with Gasteiger partial charge in [-0.15, -0.1) is 11.3 Å². The smallest absolute Gasteiger partial charge is 0.269 e. The Hall–Kier alpha value is -1.47. The molecule has 0 spiro atoms. The molecule has 2 aromatic rings. The molecule has 0 aliphatic rings. The Morgan fingerprint density at radius 1 is 1.44 bits per heavy atom. The van der Waals surface area contributed by atoms with E-state index >= 15 is 0 Å². The topological polar surface area (TPSA) is 80.9 Å². The van der Waals surface area contributed by atoms with Crippen molar-refractivity contribution >= 4 is 38.8 Å². The lowest BCUT2D eigenvalue weighted by Gasteiger charge is -2.00. The zero-order valence-corrected chi connectivity index (χ0v) is 12.0. The summed E-state index contributed by atoms with van der Waals surface area (Å²) in [4.78, 5) is 20.9. The highest BCUT2D eigenvalue weighted by molar-refractivity contribution is 7.17. The van der Waals surface area contributed by atoms with Gasteiger partial charge in [-0.2, -0.15) is 0 Å². The van der Waals surface area contributed by atoms with Crippen LogP contribution in [-0.2, 0) is 0 Å². The molecular weight excluding hydrogens is 268 g/mol. The van der Waals surface area contributed by atoms with Gasteiger partial charge in [0.2, 0.25) is 0 Å². The number of carbonyl (C=O) groups excluding carboxylic acids is 1. The summed E-state index contributed by atoms with van der Waals surface area (Å²) in [7, 11) is 0. The number of amides is 1. The second-order valence-corrected chi connectivity index (χ2v) is 6.04. The maximum Gasteiger partial charge on any atom is 0.269 e. The molecule has 0 aliphatic carbocycles. The summed E-state index contributed by atoms with van der Waals surface area (Å²) >= 11 is 2.61. The molecule has 7 heteroatoms. The summed E-state index contributed by atoms with van der Waals surface area (Å²) in [6.07, 6.45) is 0. The first-order chi connectivity index (χ1) is 8.47. The number of hydrogen-bond acceptors (Lipinski definition) is 6. The molecular formula is C11H14N4OS2. The zero-order chi connectivity index (χ0) is 13.3. The van der Waals surface area contributed by atoms with Gasteiger partial charge in [-0.25, -0.2) is 9.97 Å². The molecule has 0 fully saturated rings. The molecule has 0 atom stereocenters. The van der Waals surface area contributed by atoms with Crippen molar-refractivity contribution in [1.82, 2.24) is 9.97 Å². The number of nitrogens with one attached hydrogen (secondary N) is 1. The molecule has 0 aromatic carbocycles. The Balaban J connectivity index is 2.13. The molecule has 0 bridgehead atoms. The quantitative estimate of drug-likeness (QED) is 0.907.